The van der Waals surface area contributed by atoms with Gasteiger partial charge in [0.05, 0.1) is 25.1 Å². The first-order valence-electron chi connectivity index (χ1n) is 6.75. The second-order valence-corrected chi connectivity index (χ2v) is 4.70. The van der Waals surface area contributed by atoms with Crippen LogP contribution in [-0.4, -0.2) is 19.2 Å². The summed E-state index contributed by atoms with van der Waals surface area (Å²) in [6, 6.07) is 12.7. The highest BCUT2D eigenvalue weighted by molar-refractivity contribution is 5.92. The Kier molecular flexibility index (Phi) is 3.70. The smallest absolute Gasteiger partial charge is 0.142 e. The molecule has 0 saturated carbocycles. The first-order chi connectivity index (χ1) is 10.7. The molecular weight excluding hydrogens is 280 g/mol. The van der Waals surface area contributed by atoms with E-state index in [0.717, 1.165) is 10.9 Å². The third-order valence-corrected chi connectivity index (χ3v) is 3.30. The van der Waals surface area contributed by atoms with Crippen molar-refractivity contribution in [3.05, 3.63) is 48.7 Å². The lowest BCUT2D eigenvalue weighted by Gasteiger charge is -2.13. The van der Waals surface area contributed by atoms with E-state index in [1.807, 2.05) is 18.2 Å². The van der Waals surface area contributed by atoms with Crippen LogP contribution in [0.15, 0.2) is 48.7 Å². The van der Waals surface area contributed by atoms with Gasteiger partial charge in [0, 0.05) is 24.0 Å². The van der Waals surface area contributed by atoms with E-state index in [-0.39, 0.29) is 0 Å². The summed E-state index contributed by atoms with van der Waals surface area (Å²) >= 11 is 0. The molecule has 0 aliphatic rings. The van der Waals surface area contributed by atoms with Crippen molar-refractivity contribution in [2.24, 2.45) is 0 Å². The fourth-order valence-electron chi connectivity index (χ4n) is 2.22. The van der Waals surface area contributed by atoms with Crippen molar-refractivity contribution in [2.45, 2.75) is 0 Å². The molecule has 3 aromatic rings. The fraction of sp³-hybridized carbons (Fsp3) is 0.118. The Balaban J connectivity index is 2.11. The van der Waals surface area contributed by atoms with Crippen molar-refractivity contribution in [3.8, 4) is 23.0 Å². The van der Waals surface area contributed by atoms with E-state index >= 15 is 0 Å². The molecule has 0 fully saturated rings. The van der Waals surface area contributed by atoms with Crippen LogP contribution in [0.1, 0.15) is 0 Å². The minimum Gasteiger partial charge on any atom is -0.497 e. The summed E-state index contributed by atoms with van der Waals surface area (Å²) in [5.41, 5.74) is 7.12. The average Bonchev–Trinajstić information content (AvgIpc) is 2.56. The summed E-state index contributed by atoms with van der Waals surface area (Å²) in [5.74, 6) is 2.68. The minimum atomic E-state index is 0.646. The monoisotopic (exact) mass is 296 g/mol. The Hall–Kier alpha value is -2.95. The molecule has 3 rings (SSSR count). The van der Waals surface area contributed by atoms with Crippen LogP contribution in [-0.2, 0) is 0 Å². The van der Waals surface area contributed by atoms with Gasteiger partial charge in [0.2, 0.25) is 0 Å². The third-order valence-electron chi connectivity index (χ3n) is 3.30. The zero-order valence-electron chi connectivity index (χ0n) is 12.4. The predicted molar refractivity (Wildman–Crippen MR) is 85.8 cm³/mol. The number of rotatable bonds is 4. The number of hydrogen-bond acceptors (Lipinski definition) is 5. The first-order valence-corrected chi connectivity index (χ1v) is 6.75. The van der Waals surface area contributed by atoms with Crippen LogP contribution < -0.4 is 19.9 Å². The molecule has 0 saturated heterocycles. The van der Waals surface area contributed by atoms with Gasteiger partial charge in [-0.2, -0.15) is 0 Å². The van der Waals surface area contributed by atoms with Gasteiger partial charge >= 0.3 is 0 Å². The number of pyridine rings is 1. The summed E-state index contributed by atoms with van der Waals surface area (Å²) in [4.78, 5) is 4.35. The molecule has 0 bridgehead atoms. The van der Waals surface area contributed by atoms with Crippen molar-refractivity contribution in [3.63, 3.8) is 0 Å². The number of anilines is 1. The van der Waals surface area contributed by atoms with E-state index in [1.165, 1.54) is 0 Å². The number of nitrogens with two attached hydrogens (primary N) is 1. The maximum atomic E-state index is 5.95. The molecule has 0 spiro atoms. The minimum absolute atomic E-state index is 0.646. The molecular formula is C17H16N2O3. The van der Waals surface area contributed by atoms with Crippen LogP contribution >= 0.6 is 0 Å². The van der Waals surface area contributed by atoms with Crippen molar-refractivity contribution in [2.75, 3.05) is 20.0 Å². The standard InChI is InChI=1S/C17H16N2O3/c1-20-13-9-14-17(16(10-13)21-2)15(7-8-19-14)22-12-5-3-11(18)4-6-12/h3-10H,18H2,1-2H3. The van der Waals surface area contributed by atoms with Gasteiger partial charge in [0.15, 0.2) is 0 Å². The van der Waals surface area contributed by atoms with E-state index in [0.29, 0.717) is 28.7 Å². The SMILES string of the molecule is COc1cc(OC)c2c(Oc3ccc(N)cc3)ccnc2c1. The fourth-order valence-corrected chi connectivity index (χ4v) is 2.22. The van der Waals surface area contributed by atoms with Crippen LogP contribution in [0.3, 0.4) is 0 Å². The largest absolute Gasteiger partial charge is 0.497 e. The van der Waals surface area contributed by atoms with Gasteiger partial charge in [-0.15, -0.1) is 0 Å². The topological polar surface area (TPSA) is 66.6 Å². The number of ether oxygens (including phenoxy) is 3. The number of hydrogen-bond donors (Lipinski definition) is 1. The number of aromatic nitrogens is 1. The van der Waals surface area contributed by atoms with Crippen molar-refractivity contribution < 1.29 is 14.2 Å². The molecule has 5 nitrogen and oxygen atoms in total. The number of fused-ring (bicyclic) bond motifs is 1. The van der Waals surface area contributed by atoms with E-state index in [2.05, 4.69) is 4.98 Å². The van der Waals surface area contributed by atoms with Gasteiger partial charge < -0.3 is 19.9 Å². The third kappa shape index (κ3) is 2.61. The van der Waals surface area contributed by atoms with E-state index < -0.39 is 0 Å². The Morgan fingerprint density at radius 1 is 0.864 bits per heavy atom. The van der Waals surface area contributed by atoms with Crippen molar-refractivity contribution in [1.29, 1.82) is 0 Å². The van der Waals surface area contributed by atoms with E-state index in [1.54, 1.807) is 44.7 Å². The van der Waals surface area contributed by atoms with Gasteiger partial charge in [-0.25, -0.2) is 0 Å². The molecule has 5 heteroatoms. The molecule has 1 aromatic heterocycles. The summed E-state index contributed by atoms with van der Waals surface area (Å²) < 4.78 is 16.7. The maximum absolute atomic E-state index is 5.95. The zero-order valence-corrected chi connectivity index (χ0v) is 12.4. The van der Waals surface area contributed by atoms with Crippen molar-refractivity contribution >= 4 is 16.6 Å². The highest BCUT2D eigenvalue weighted by atomic mass is 16.5. The van der Waals surface area contributed by atoms with Gasteiger partial charge in [-0.3, -0.25) is 4.98 Å². The Morgan fingerprint density at radius 2 is 1.64 bits per heavy atom. The first kappa shape index (κ1) is 14.0. The highest BCUT2D eigenvalue weighted by Crippen LogP contribution is 2.38. The number of nitrogens with zero attached hydrogens (tertiary/aromatic N) is 1. The Morgan fingerprint density at radius 3 is 2.32 bits per heavy atom. The average molecular weight is 296 g/mol. The van der Waals surface area contributed by atoms with E-state index in [4.69, 9.17) is 19.9 Å². The molecule has 2 N–H and O–H groups in total. The number of nitrogen functional groups attached to an aromatic ring is 1. The second-order valence-electron chi connectivity index (χ2n) is 4.70. The molecule has 22 heavy (non-hydrogen) atoms. The quantitative estimate of drug-likeness (QED) is 0.745. The summed E-state index contributed by atoms with van der Waals surface area (Å²) in [5, 5.41) is 0.794. The van der Waals surface area contributed by atoms with Crippen LogP contribution in [0.5, 0.6) is 23.0 Å². The highest BCUT2D eigenvalue weighted by Gasteiger charge is 2.12. The van der Waals surface area contributed by atoms with Gasteiger partial charge in [0.25, 0.3) is 0 Å². The Labute approximate surface area is 128 Å². The summed E-state index contributed by atoms with van der Waals surface area (Å²) in [6.07, 6.45) is 1.69. The molecule has 0 aliphatic carbocycles. The summed E-state index contributed by atoms with van der Waals surface area (Å²) in [7, 11) is 3.21. The molecule has 0 aliphatic heterocycles. The number of benzene rings is 2. The lowest BCUT2D eigenvalue weighted by molar-refractivity contribution is 0.396. The van der Waals surface area contributed by atoms with Gasteiger partial charge in [-0.1, -0.05) is 0 Å². The molecule has 0 unspecified atom stereocenters. The van der Waals surface area contributed by atoms with Crippen LogP contribution in [0.4, 0.5) is 5.69 Å². The predicted octanol–water partition coefficient (Wildman–Crippen LogP) is 3.63. The maximum Gasteiger partial charge on any atom is 0.142 e. The molecule has 0 amide bonds. The molecule has 112 valence electrons. The zero-order chi connectivity index (χ0) is 15.5. The molecule has 0 radical (unpaired) electrons. The molecule has 2 aromatic carbocycles. The Bertz CT molecular complexity index is 801. The van der Waals surface area contributed by atoms with Crippen LogP contribution in [0.25, 0.3) is 10.9 Å². The van der Waals surface area contributed by atoms with Gasteiger partial charge in [-0.05, 0) is 30.3 Å². The lowest BCUT2D eigenvalue weighted by Crippen LogP contribution is -1.93. The normalized spacial score (nSPS) is 10.5. The number of methoxy groups -OCH3 is 2. The summed E-state index contributed by atoms with van der Waals surface area (Å²) in [6.45, 7) is 0. The second kappa shape index (κ2) is 5.81. The van der Waals surface area contributed by atoms with Crippen molar-refractivity contribution in [1.82, 2.24) is 4.98 Å². The van der Waals surface area contributed by atoms with Crippen LogP contribution in [0.2, 0.25) is 0 Å². The molecule has 1 heterocycles. The molecule has 0 atom stereocenters. The lowest BCUT2D eigenvalue weighted by atomic mass is 10.1. The van der Waals surface area contributed by atoms with Crippen LogP contribution in [0, 0.1) is 0 Å². The van der Waals surface area contributed by atoms with Gasteiger partial charge in [0.1, 0.15) is 23.0 Å². The van der Waals surface area contributed by atoms with E-state index in [9.17, 15) is 0 Å².